The monoisotopic (exact) mass is 508 g/mol. The molecule has 1 aromatic carbocycles. The minimum Gasteiger partial charge on any atom is -0.444 e. The largest absolute Gasteiger partial charge is 0.444 e. The van der Waals surface area contributed by atoms with Crippen LogP contribution in [0, 0.1) is 11.8 Å². The van der Waals surface area contributed by atoms with Crippen molar-refractivity contribution in [2.75, 3.05) is 17.2 Å². The van der Waals surface area contributed by atoms with E-state index in [1.165, 1.54) is 0 Å². The lowest BCUT2D eigenvalue weighted by atomic mass is 9.93. The van der Waals surface area contributed by atoms with Crippen molar-refractivity contribution in [2.24, 2.45) is 0 Å². The van der Waals surface area contributed by atoms with Crippen LogP contribution in [-0.2, 0) is 11.3 Å². The number of alkyl carbamates (subject to hydrolysis) is 1. The highest BCUT2D eigenvalue weighted by molar-refractivity contribution is 7.22. The number of carbonyl (C=O) groups is 1. The topological polar surface area (TPSA) is 121 Å². The van der Waals surface area contributed by atoms with Gasteiger partial charge in [-0.25, -0.2) is 14.8 Å². The summed E-state index contributed by atoms with van der Waals surface area (Å²) in [5, 5.41) is 20.4. The van der Waals surface area contributed by atoms with Crippen LogP contribution in [0.2, 0.25) is 0 Å². The first kappa shape index (κ1) is 25.7. The zero-order valence-electron chi connectivity index (χ0n) is 20.8. The number of fused-ring (bicyclic) bond motifs is 1. The number of thiazole rings is 1. The molecule has 4 N–H and O–H groups in total. The SMILES string of the molecule is CC(C)(C)OC(=O)NCC#Cc1cncc(NCc2ccc3nc(NC4CCCC[C@H]4O)sc3c2)n1. The van der Waals surface area contributed by atoms with E-state index in [2.05, 4.69) is 48.8 Å². The summed E-state index contributed by atoms with van der Waals surface area (Å²) in [5.41, 5.74) is 1.99. The van der Waals surface area contributed by atoms with Crippen LogP contribution in [0.1, 0.15) is 57.7 Å². The highest BCUT2D eigenvalue weighted by atomic mass is 32.1. The predicted octanol–water partition coefficient (Wildman–Crippen LogP) is 4.29. The lowest BCUT2D eigenvalue weighted by molar-refractivity contribution is 0.0535. The third kappa shape index (κ3) is 7.54. The van der Waals surface area contributed by atoms with Gasteiger partial charge in [0, 0.05) is 6.54 Å². The van der Waals surface area contributed by atoms with Crippen molar-refractivity contribution in [1.29, 1.82) is 0 Å². The first-order chi connectivity index (χ1) is 17.2. The highest BCUT2D eigenvalue weighted by Crippen LogP contribution is 2.30. The molecule has 1 aliphatic carbocycles. The summed E-state index contributed by atoms with van der Waals surface area (Å²) in [6.45, 7) is 6.14. The zero-order chi connectivity index (χ0) is 25.5. The fraction of sp³-hybridized carbons (Fsp3) is 0.462. The molecule has 1 aliphatic rings. The predicted molar refractivity (Wildman–Crippen MR) is 142 cm³/mol. The van der Waals surface area contributed by atoms with Gasteiger partial charge in [-0.1, -0.05) is 36.2 Å². The van der Waals surface area contributed by atoms with Gasteiger partial charge in [-0.3, -0.25) is 4.98 Å². The van der Waals surface area contributed by atoms with Crippen LogP contribution in [0.15, 0.2) is 30.6 Å². The standard InChI is InChI=1S/C26H32N6O3S/c1-26(2,3)35-25(34)28-12-6-7-18-15-27-16-23(30-18)29-14-17-10-11-20-22(13-17)36-24(32-20)31-19-8-4-5-9-21(19)33/h10-11,13,15-16,19,21,33H,4-5,8-9,12,14H2,1-3H3,(H,28,34)(H,29,30)(H,31,32)/t19?,21-/m1/s1. The van der Waals surface area contributed by atoms with Crippen molar-refractivity contribution in [2.45, 2.75) is 70.7 Å². The summed E-state index contributed by atoms with van der Waals surface area (Å²) >= 11 is 1.60. The second-order valence-electron chi connectivity index (χ2n) is 9.72. The molecule has 1 amide bonds. The number of carbonyl (C=O) groups excluding carboxylic acids is 1. The number of aliphatic hydroxyl groups is 1. The number of hydrogen-bond acceptors (Lipinski definition) is 9. The van der Waals surface area contributed by atoms with Crippen molar-refractivity contribution in [3.63, 3.8) is 0 Å². The molecular weight excluding hydrogens is 476 g/mol. The third-order valence-electron chi connectivity index (χ3n) is 5.54. The summed E-state index contributed by atoms with van der Waals surface area (Å²) < 4.78 is 6.27. The minimum absolute atomic E-state index is 0.0718. The maximum Gasteiger partial charge on any atom is 0.408 e. The van der Waals surface area contributed by atoms with Gasteiger partial charge in [-0.05, 0) is 57.2 Å². The zero-order valence-corrected chi connectivity index (χ0v) is 21.6. The van der Waals surface area contributed by atoms with Crippen LogP contribution >= 0.6 is 11.3 Å². The average Bonchev–Trinajstić information content (AvgIpc) is 3.23. The van der Waals surface area contributed by atoms with Gasteiger partial charge in [0.25, 0.3) is 0 Å². The number of nitrogens with zero attached hydrogens (tertiary/aromatic N) is 3. The van der Waals surface area contributed by atoms with Crippen molar-refractivity contribution in [1.82, 2.24) is 20.3 Å². The maximum atomic E-state index is 11.7. The number of hydrogen-bond donors (Lipinski definition) is 4. The molecule has 0 saturated heterocycles. The summed E-state index contributed by atoms with van der Waals surface area (Å²) in [4.78, 5) is 25.0. The van der Waals surface area contributed by atoms with Crippen LogP contribution in [0.4, 0.5) is 15.7 Å². The minimum atomic E-state index is -0.550. The fourth-order valence-electron chi connectivity index (χ4n) is 3.85. The highest BCUT2D eigenvalue weighted by Gasteiger charge is 2.23. The number of benzene rings is 1. The van der Waals surface area contributed by atoms with Crippen molar-refractivity contribution < 1.29 is 14.6 Å². The Hall–Kier alpha value is -3.42. The maximum absolute atomic E-state index is 11.7. The Bertz CT molecular complexity index is 1260. The number of rotatable bonds is 6. The van der Waals surface area contributed by atoms with E-state index in [1.54, 1.807) is 44.5 Å². The number of ether oxygens (including phenoxy) is 1. The van der Waals surface area contributed by atoms with Gasteiger partial charge in [0.05, 0.1) is 41.3 Å². The van der Waals surface area contributed by atoms with Gasteiger partial charge < -0.3 is 25.8 Å². The van der Waals surface area contributed by atoms with Crippen LogP contribution in [-0.4, -0.2) is 50.4 Å². The Labute approximate surface area is 215 Å². The van der Waals surface area contributed by atoms with Crippen LogP contribution in [0.3, 0.4) is 0 Å². The van der Waals surface area contributed by atoms with Gasteiger partial charge in [0.15, 0.2) is 5.13 Å². The molecule has 1 fully saturated rings. The molecule has 9 nitrogen and oxygen atoms in total. The Morgan fingerprint density at radius 1 is 1.22 bits per heavy atom. The number of aromatic nitrogens is 3. The lowest BCUT2D eigenvalue weighted by Gasteiger charge is -2.27. The van der Waals surface area contributed by atoms with Gasteiger partial charge in [-0.2, -0.15) is 0 Å². The molecule has 0 radical (unpaired) electrons. The number of nitrogens with one attached hydrogen (secondary N) is 3. The number of aliphatic hydroxyl groups excluding tert-OH is 1. The van der Waals surface area contributed by atoms with E-state index in [1.807, 2.05) is 12.1 Å². The Balaban J connectivity index is 1.31. The molecule has 4 rings (SSSR count). The van der Waals surface area contributed by atoms with E-state index >= 15 is 0 Å². The van der Waals surface area contributed by atoms with Crippen molar-refractivity contribution in [3.05, 3.63) is 41.9 Å². The van der Waals surface area contributed by atoms with Gasteiger partial charge in [0.1, 0.15) is 17.1 Å². The van der Waals surface area contributed by atoms with Gasteiger partial charge in [-0.15, -0.1) is 0 Å². The lowest BCUT2D eigenvalue weighted by Crippen LogP contribution is -2.36. The molecule has 0 aliphatic heterocycles. The molecule has 36 heavy (non-hydrogen) atoms. The van der Waals surface area contributed by atoms with Crippen molar-refractivity contribution >= 4 is 38.6 Å². The number of amides is 1. The summed E-state index contributed by atoms with van der Waals surface area (Å²) in [7, 11) is 0. The van der Waals surface area contributed by atoms with E-state index in [-0.39, 0.29) is 18.7 Å². The first-order valence-corrected chi connectivity index (χ1v) is 12.9. The molecule has 0 bridgehead atoms. The molecular formula is C26H32N6O3S. The Morgan fingerprint density at radius 3 is 2.86 bits per heavy atom. The van der Waals surface area contributed by atoms with Gasteiger partial charge >= 0.3 is 6.09 Å². The molecule has 3 aromatic rings. The van der Waals surface area contributed by atoms with Crippen LogP contribution in [0.5, 0.6) is 0 Å². The van der Waals surface area contributed by atoms with E-state index < -0.39 is 11.7 Å². The van der Waals surface area contributed by atoms with Gasteiger partial charge in [0.2, 0.25) is 0 Å². The molecule has 2 atom stereocenters. The number of anilines is 2. The average molecular weight is 509 g/mol. The summed E-state index contributed by atoms with van der Waals surface area (Å²) in [5.74, 6) is 6.36. The molecule has 1 saturated carbocycles. The first-order valence-electron chi connectivity index (χ1n) is 12.1. The van der Waals surface area contributed by atoms with E-state index in [0.717, 1.165) is 46.6 Å². The second kappa shape index (κ2) is 11.5. The van der Waals surface area contributed by atoms with E-state index in [9.17, 15) is 9.90 Å². The summed E-state index contributed by atoms with van der Waals surface area (Å²) in [6.07, 6.45) is 6.43. The van der Waals surface area contributed by atoms with Crippen LogP contribution < -0.4 is 16.0 Å². The fourth-order valence-corrected chi connectivity index (χ4v) is 4.84. The molecule has 0 spiro atoms. The molecule has 1 unspecified atom stereocenters. The molecule has 2 aromatic heterocycles. The second-order valence-corrected chi connectivity index (χ2v) is 10.8. The Morgan fingerprint density at radius 2 is 2.06 bits per heavy atom. The molecule has 2 heterocycles. The smallest absolute Gasteiger partial charge is 0.408 e. The van der Waals surface area contributed by atoms with Crippen LogP contribution in [0.25, 0.3) is 10.2 Å². The van der Waals surface area contributed by atoms with E-state index in [0.29, 0.717) is 18.1 Å². The Kier molecular flexibility index (Phi) is 8.23. The van der Waals surface area contributed by atoms with E-state index in [4.69, 9.17) is 4.74 Å². The quantitative estimate of drug-likeness (QED) is 0.364. The third-order valence-corrected chi connectivity index (χ3v) is 6.49. The van der Waals surface area contributed by atoms with Crippen molar-refractivity contribution in [3.8, 4) is 11.8 Å². The molecule has 190 valence electrons. The summed E-state index contributed by atoms with van der Waals surface area (Å²) in [6, 6.07) is 6.23. The normalized spacial score (nSPS) is 17.7. The molecule has 10 heteroatoms.